The zero-order valence-electron chi connectivity index (χ0n) is 7.88. The van der Waals surface area contributed by atoms with E-state index in [-0.39, 0.29) is 0 Å². The van der Waals surface area contributed by atoms with Gasteiger partial charge in [-0.2, -0.15) is 0 Å². The molecule has 0 rings (SSSR count). The van der Waals surface area contributed by atoms with Crippen molar-refractivity contribution in [1.82, 2.24) is 0 Å². The van der Waals surface area contributed by atoms with Crippen LogP contribution in [0.2, 0.25) is 0 Å². The molecule has 0 spiro atoms. The van der Waals surface area contributed by atoms with Gasteiger partial charge < -0.3 is 4.74 Å². The first-order valence-corrected chi connectivity index (χ1v) is 4.46. The molecule has 0 radical (unpaired) electrons. The van der Waals surface area contributed by atoms with E-state index in [9.17, 15) is 4.79 Å². The number of hydrogen-bond acceptors (Lipinski definition) is 3. The normalized spacial score (nSPS) is 12.2. The summed E-state index contributed by atoms with van der Waals surface area (Å²) in [5.41, 5.74) is 0. The van der Waals surface area contributed by atoms with Crippen LogP contribution in [0, 0.1) is 0 Å². The summed E-state index contributed by atoms with van der Waals surface area (Å²) >= 11 is 0. The quantitative estimate of drug-likeness (QED) is 0.333. The summed E-state index contributed by atoms with van der Waals surface area (Å²) in [4.78, 5) is 13.1. The smallest absolute Gasteiger partial charge is 0.234 e. The zero-order chi connectivity index (χ0) is 9.23. The lowest BCUT2D eigenvalue weighted by molar-refractivity contribution is 0.0614. The predicted octanol–water partition coefficient (Wildman–Crippen LogP) is 1.92. The molecule has 0 N–H and O–H groups in total. The van der Waals surface area contributed by atoms with E-state index in [0.717, 1.165) is 25.9 Å². The topological polar surface area (TPSA) is 38.7 Å². The summed E-state index contributed by atoms with van der Waals surface area (Å²) in [6.07, 6.45) is 4.78. The number of rotatable bonds is 7. The van der Waals surface area contributed by atoms with Gasteiger partial charge in [0.2, 0.25) is 6.08 Å². The standard InChI is InChI=1S/C9H17NO2/c1-3-9(2)12-7-5-4-6-10-8-11/h9H,3-7H2,1-2H3. The van der Waals surface area contributed by atoms with Gasteiger partial charge in [-0.1, -0.05) is 6.92 Å². The second-order valence-corrected chi connectivity index (χ2v) is 2.77. The third-order valence-corrected chi connectivity index (χ3v) is 1.71. The van der Waals surface area contributed by atoms with Gasteiger partial charge in [-0.25, -0.2) is 9.79 Å². The molecule has 12 heavy (non-hydrogen) atoms. The fourth-order valence-electron chi connectivity index (χ4n) is 0.741. The maximum atomic E-state index is 9.67. The minimum Gasteiger partial charge on any atom is -0.379 e. The summed E-state index contributed by atoms with van der Waals surface area (Å²) in [6.45, 7) is 5.50. The van der Waals surface area contributed by atoms with Crippen molar-refractivity contribution in [2.45, 2.75) is 39.2 Å². The van der Waals surface area contributed by atoms with Crippen LogP contribution in [0.25, 0.3) is 0 Å². The Balaban J connectivity index is 3.05. The number of hydrogen-bond donors (Lipinski definition) is 0. The van der Waals surface area contributed by atoms with E-state index in [2.05, 4.69) is 18.8 Å². The number of carbonyl (C=O) groups excluding carboxylic acids is 1. The molecule has 1 atom stereocenters. The van der Waals surface area contributed by atoms with Crippen molar-refractivity contribution < 1.29 is 9.53 Å². The minimum atomic E-state index is 0.347. The average molecular weight is 171 g/mol. The van der Waals surface area contributed by atoms with Crippen molar-refractivity contribution in [1.29, 1.82) is 0 Å². The van der Waals surface area contributed by atoms with Crippen LogP contribution < -0.4 is 0 Å². The Morgan fingerprint density at radius 2 is 2.25 bits per heavy atom. The van der Waals surface area contributed by atoms with Crippen molar-refractivity contribution in [3.8, 4) is 0 Å². The lowest BCUT2D eigenvalue weighted by Crippen LogP contribution is -2.07. The molecule has 0 amide bonds. The summed E-state index contributed by atoms with van der Waals surface area (Å²) in [5.74, 6) is 0. The SMILES string of the molecule is CCC(C)OCCCCN=C=O. The van der Waals surface area contributed by atoms with Crippen LogP contribution in [0.4, 0.5) is 0 Å². The van der Waals surface area contributed by atoms with Crippen molar-refractivity contribution >= 4 is 6.08 Å². The molecule has 1 unspecified atom stereocenters. The van der Waals surface area contributed by atoms with Crippen LogP contribution in [-0.4, -0.2) is 25.3 Å². The summed E-state index contributed by atoms with van der Waals surface area (Å²) in [5, 5.41) is 0. The van der Waals surface area contributed by atoms with Gasteiger partial charge in [0, 0.05) is 6.61 Å². The van der Waals surface area contributed by atoms with Gasteiger partial charge in [0.25, 0.3) is 0 Å². The lowest BCUT2D eigenvalue weighted by atomic mass is 10.3. The van der Waals surface area contributed by atoms with Gasteiger partial charge in [-0.3, -0.25) is 0 Å². The molecule has 0 aromatic carbocycles. The van der Waals surface area contributed by atoms with E-state index in [4.69, 9.17) is 4.74 Å². The molecule has 0 aliphatic heterocycles. The second kappa shape index (κ2) is 8.44. The second-order valence-electron chi connectivity index (χ2n) is 2.77. The molecule has 3 heteroatoms. The Morgan fingerprint density at radius 3 is 2.83 bits per heavy atom. The van der Waals surface area contributed by atoms with Gasteiger partial charge >= 0.3 is 0 Å². The Bertz CT molecular complexity index is 141. The molecule has 0 saturated heterocycles. The average Bonchev–Trinajstić information content (AvgIpc) is 2.10. The maximum Gasteiger partial charge on any atom is 0.234 e. The fraction of sp³-hybridized carbons (Fsp3) is 0.889. The largest absolute Gasteiger partial charge is 0.379 e. The number of nitrogens with zero attached hydrogens (tertiary/aromatic N) is 1. The van der Waals surface area contributed by atoms with Crippen LogP contribution in [0.5, 0.6) is 0 Å². The Kier molecular flexibility index (Phi) is 7.97. The van der Waals surface area contributed by atoms with E-state index in [1.165, 1.54) is 6.08 Å². The molecule has 0 heterocycles. The molecular formula is C9H17NO2. The number of unbranched alkanes of at least 4 members (excludes halogenated alkanes) is 1. The molecule has 0 fully saturated rings. The number of ether oxygens (including phenoxy) is 1. The van der Waals surface area contributed by atoms with E-state index >= 15 is 0 Å². The van der Waals surface area contributed by atoms with Gasteiger partial charge in [-0.15, -0.1) is 0 Å². The lowest BCUT2D eigenvalue weighted by Gasteiger charge is -2.09. The fourth-order valence-corrected chi connectivity index (χ4v) is 0.741. The molecule has 70 valence electrons. The van der Waals surface area contributed by atoms with E-state index in [1.54, 1.807) is 0 Å². The molecule has 0 aliphatic rings. The van der Waals surface area contributed by atoms with Crippen molar-refractivity contribution in [3.63, 3.8) is 0 Å². The highest BCUT2D eigenvalue weighted by Crippen LogP contribution is 1.98. The Hall–Kier alpha value is -0.660. The third-order valence-electron chi connectivity index (χ3n) is 1.71. The molecule has 0 aromatic rings. The first kappa shape index (κ1) is 11.3. The van der Waals surface area contributed by atoms with Gasteiger partial charge in [-0.05, 0) is 26.2 Å². The summed E-state index contributed by atoms with van der Waals surface area (Å²) in [7, 11) is 0. The van der Waals surface area contributed by atoms with Crippen LogP contribution in [-0.2, 0) is 9.53 Å². The molecule has 0 bridgehead atoms. The van der Waals surface area contributed by atoms with Crippen molar-refractivity contribution in [2.75, 3.05) is 13.2 Å². The zero-order valence-corrected chi connectivity index (χ0v) is 7.88. The van der Waals surface area contributed by atoms with E-state index in [0.29, 0.717) is 12.6 Å². The molecule has 0 aromatic heterocycles. The number of aliphatic imine (C=N–C) groups is 1. The van der Waals surface area contributed by atoms with E-state index < -0.39 is 0 Å². The van der Waals surface area contributed by atoms with Crippen molar-refractivity contribution in [2.24, 2.45) is 4.99 Å². The Labute approximate surface area is 73.8 Å². The summed E-state index contributed by atoms with van der Waals surface area (Å²) < 4.78 is 5.43. The van der Waals surface area contributed by atoms with Crippen LogP contribution in [0.3, 0.4) is 0 Å². The maximum absolute atomic E-state index is 9.67. The first-order valence-electron chi connectivity index (χ1n) is 4.46. The van der Waals surface area contributed by atoms with Crippen molar-refractivity contribution in [3.05, 3.63) is 0 Å². The summed E-state index contributed by atoms with van der Waals surface area (Å²) in [6, 6.07) is 0. The van der Waals surface area contributed by atoms with Gasteiger partial charge in [0.05, 0.1) is 12.6 Å². The highest BCUT2D eigenvalue weighted by molar-refractivity contribution is 5.32. The van der Waals surface area contributed by atoms with Gasteiger partial charge in [0.15, 0.2) is 0 Å². The van der Waals surface area contributed by atoms with E-state index in [1.807, 2.05) is 0 Å². The predicted molar refractivity (Wildman–Crippen MR) is 47.9 cm³/mol. The molecular weight excluding hydrogens is 154 g/mol. The Morgan fingerprint density at radius 1 is 1.50 bits per heavy atom. The van der Waals surface area contributed by atoms with Crippen LogP contribution >= 0.6 is 0 Å². The molecule has 0 aliphatic carbocycles. The van der Waals surface area contributed by atoms with Gasteiger partial charge in [0.1, 0.15) is 0 Å². The molecule has 0 saturated carbocycles. The first-order chi connectivity index (χ1) is 5.81. The molecule has 3 nitrogen and oxygen atoms in total. The van der Waals surface area contributed by atoms with Crippen LogP contribution in [0.15, 0.2) is 4.99 Å². The minimum absolute atomic E-state index is 0.347. The number of isocyanates is 1. The third kappa shape index (κ3) is 7.45. The highest BCUT2D eigenvalue weighted by atomic mass is 16.5. The monoisotopic (exact) mass is 171 g/mol. The highest BCUT2D eigenvalue weighted by Gasteiger charge is 1.96. The van der Waals surface area contributed by atoms with Crippen LogP contribution in [0.1, 0.15) is 33.1 Å².